The van der Waals surface area contributed by atoms with Crippen molar-refractivity contribution >= 4 is 47.0 Å². The number of rotatable bonds is 8. The fourth-order valence-electron chi connectivity index (χ4n) is 3.43. The maximum atomic E-state index is 13.0. The number of thioether (sulfide) groups is 1. The molecule has 1 unspecified atom stereocenters. The normalized spacial score (nSPS) is 15.1. The number of hydrogen-bond acceptors (Lipinski definition) is 8. The van der Waals surface area contributed by atoms with Crippen LogP contribution in [0.5, 0.6) is 0 Å². The lowest BCUT2D eigenvalue weighted by Crippen LogP contribution is -2.31. The van der Waals surface area contributed by atoms with Crippen LogP contribution in [0.15, 0.2) is 71.9 Å². The van der Waals surface area contributed by atoms with Crippen LogP contribution in [0.1, 0.15) is 37.5 Å². The van der Waals surface area contributed by atoms with Gasteiger partial charge in [0.05, 0.1) is 22.1 Å². The molecule has 0 bridgehead atoms. The number of aromatic nitrogens is 1. The van der Waals surface area contributed by atoms with E-state index in [4.69, 9.17) is 4.74 Å². The third kappa shape index (κ3) is 5.31. The second-order valence-corrected chi connectivity index (χ2v) is 8.78. The van der Waals surface area contributed by atoms with Crippen LogP contribution in [0, 0.1) is 5.82 Å². The Morgan fingerprint density at radius 1 is 1.03 bits per heavy atom. The van der Waals surface area contributed by atoms with Gasteiger partial charge in [-0.05, 0) is 60.7 Å². The van der Waals surface area contributed by atoms with Crippen molar-refractivity contribution in [3.63, 3.8) is 0 Å². The number of hydrogen-bond donors (Lipinski definition) is 1. The van der Waals surface area contributed by atoms with Crippen molar-refractivity contribution in [1.82, 2.24) is 4.98 Å². The van der Waals surface area contributed by atoms with Gasteiger partial charge in [-0.15, -0.1) is 0 Å². The van der Waals surface area contributed by atoms with Gasteiger partial charge in [0.15, 0.2) is 12.4 Å². The van der Waals surface area contributed by atoms with E-state index in [1.54, 1.807) is 0 Å². The van der Waals surface area contributed by atoms with Crippen LogP contribution in [0.25, 0.3) is 0 Å². The Bertz CT molecular complexity index is 1360. The van der Waals surface area contributed by atoms with Crippen LogP contribution < -0.4 is 4.90 Å². The Hall–Kier alpha value is -4.38. The van der Waals surface area contributed by atoms with Crippen molar-refractivity contribution in [2.75, 3.05) is 11.5 Å². The monoisotopic (exact) mass is 508 g/mol. The zero-order valence-electron chi connectivity index (χ0n) is 18.4. The maximum Gasteiger partial charge on any atom is 0.338 e. The fourth-order valence-corrected chi connectivity index (χ4v) is 4.54. The summed E-state index contributed by atoms with van der Waals surface area (Å²) in [5.41, 5.74) is 0.447. The quantitative estimate of drug-likeness (QED) is 0.276. The van der Waals surface area contributed by atoms with Gasteiger partial charge in [0, 0.05) is 18.2 Å². The predicted molar refractivity (Wildman–Crippen MR) is 125 cm³/mol. The van der Waals surface area contributed by atoms with Crippen molar-refractivity contribution in [3.8, 4) is 0 Å². The molecule has 0 saturated carbocycles. The highest BCUT2D eigenvalue weighted by Gasteiger charge is 2.41. The largest absolute Gasteiger partial charge is 0.478 e. The van der Waals surface area contributed by atoms with E-state index in [0.717, 1.165) is 28.8 Å². The van der Waals surface area contributed by atoms with E-state index in [2.05, 4.69) is 4.98 Å². The molecular formula is C25H17FN2O7S. The predicted octanol–water partition coefficient (Wildman–Crippen LogP) is 3.38. The molecule has 1 saturated heterocycles. The lowest BCUT2D eigenvalue weighted by Gasteiger charge is -2.15. The lowest BCUT2D eigenvalue weighted by atomic mass is 10.1. The molecule has 3 aromatic rings. The Kier molecular flexibility index (Phi) is 7.20. The van der Waals surface area contributed by atoms with Crippen molar-refractivity contribution in [2.24, 2.45) is 0 Å². The van der Waals surface area contributed by atoms with E-state index in [9.17, 15) is 33.5 Å². The molecule has 0 spiro atoms. The maximum absolute atomic E-state index is 13.0. The highest BCUT2D eigenvalue weighted by molar-refractivity contribution is 8.00. The Labute approximate surface area is 207 Å². The van der Waals surface area contributed by atoms with Crippen LogP contribution in [-0.2, 0) is 14.3 Å². The first-order valence-electron chi connectivity index (χ1n) is 10.5. The third-order valence-corrected chi connectivity index (χ3v) is 6.42. The first-order chi connectivity index (χ1) is 17.2. The number of ketones is 1. The van der Waals surface area contributed by atoms with Crippen molar-refractivity contribution in [2.45, 2.75) is 16.7 Å². The standard InChI is InChI=1S/C25H17FN2O7S/c26-16-7-3-14(4-8-16)19(29)13-35-25(34)15-5-9-17(10-6-15)28-21(30)12-20(23(28)31)36-22-18(24(32)33)2-1-11-27-22/h1-11,20H,12-13H2,(H,32,33). The van der Waals surface area contributed by atoms with Crippen molar-refractivity contribution < 1.29 is 38.2 Å². The smallest absolute Gasteiger partial charge is 0.338 e. The van der Waals surface area contributed by atoms with Gasteiger partial charge in [-0.3, -0.25) is 14.4 Å². The van der Waals surface area contributed by atoms with Gasteiger partial charge >= 0.3 is 11.9 Å². The number of anilines is 1. The lowest BCUT2D eigenvalue weighted by molar-refractivity contribution is -0.121. The molecule has 2 heterocycles. The van der Waals surface area contributed by atoms with E-state index >= 15 is 0 Å². The third-order valence-electron chi connectivity index (χ3n) is 5.22. The number of ether oxygens (including phenoxy) is 1. The molecule has 0 radical (unpaired) electrons. The average Bonchev–Trinajstić information content (AvgIpc) is 3.15. The number of carbonyl (C=O) groups excluding carboxylic acids is 4. The first-order valence-corrected chi connectivity index (χ1v) is 11.4. The second kappa shape index (κ2) is 10.5. The second-order valence-electron chi connectivity index (χ2n) is 7.59. The molecule has 1 aromatic heterocycles. The number of imide groups is 1. The van der Waals surface area contributed by atoms with E-state index < -0.39 is 47.2 Å². The Morgan fingerprint density at radius 2 is 1.69 bits per heavy atom. The molecule has 1 aliphatic rings. The molecular weight excluding hydrogens is 491 g/mol. The van der Waals surface area contributed by atoms with Crippen LogP contribution >= 0.6 is 11.8 Å². The van der Waals surface area contributed by atoms with Crippen LogP contribution in [-0.4, -0.2) is 51.5 Å². The van der Waals surface area contributed by atoms with Crippen LogP contribution in [0.2, 0.25) is 0 Å². The van der Waals surface area contributed by atoms with Crippen molar-refractivity contribution in [3.05, 3.63) is 89.4 Å². The minimum Gasteiger partial charge on any atom is -0.478 e. The number of halogens is 1. The molecule has 1 N–H and O–H groups in total. The number of carboxylic acid groups (broad SMARTS) is 1. The molecule has 9 nitrogen and oxygen atoms in total. The molecule has 2 aromatic carbocycles. The summed E-state index contributed by atoms with van der Waals surface area (Å²) in [6.07, 6.45) is 1.26. The highest BCUT2D eigenvalue weighted by Crippen LogP contribution is 2.34. The minimum atomic E-state index is -1.19. The highest BCUT2D eigenvalue weighted by atomic mass is 32.2. The molecule has 36 heavy (non-hydrogen) atoms. The summed E-state index contributed by atoms with van der Waals surface area (Å²) in [4.78, 5) is 66.2. The number of amides is 2. The Morgan fingerprint density at radius 3 is 2.36 bits per heavy atom. The van der Waals surface area contributed by atoms with E-state index in [1.807, 2.05) is 0 Å². The fraction of sp³-hybridized carbons (Fsp3) is 0.120. The topological polar surface area (TPSA) is 131 Å². The number of carbonyl (C=O) groups is 5. The molecule has 4 rings (SSSR count). The molecule has 1 fully saturated rings. The van der Waals surface area contributed by atoms with Crippen molar-refractivity contribution in [1.29, 1.82) is 0 Å². The first kappa shape index (κ1) is 24.7. The van der Waals surface area contributed by atoms with Gasteiger partial charge < -0.3 is 9.84 Å². The number of carboxylic acids is 1. The molecule has 1 aliphatic heterocycles. The van der Waals surface area contributed by atoms with Gasteiger partial charge in [-0.1, -0.05) is 11.8 Å². The van der Waals surface area contributed by atoms with Crippen LogP contribution in [0.4, 0.5) is 10.1 Å². The van der Waals surface area contributed by atoms with E-state index in [-0.39, 0.29) is 33.8 Å². The summed E-state index contributed by atoms with van der Waals surface area (Å²) in [5, 5.41) is 8.59. The van der Waals surface area contributed by atoms with Gasteiger partial charge in [0.1, 0.15) is 10.8 Å². The van der Waals surface area contributed by atoms with Gasteiger partial charge in [-0.25, -0.2) is 23.9 Å². The number of nitrogens with zero attached hydrogens (tertiary/aromatic N) is 2. The zero-order valence-corrected chi connectivity index (χ0v) is 19.2. The summed E-state index contributed by atoms with van der Waals surface area (Å²) >= 11 is 0.902. The molecule has 11 heteroatoms. The van der Waals surface area contributed by atoms with Gasteiger partial charge in [-0.2, -0.15) is 0 Å². The van der Waals surface area contributed by atoms with E-state index in [1.165, 1.54) is 54.7 Å². The van der Waals surface area contributed by atoms with Gasteiger partial charge in [0.2, 0.25) is 11.8 Å². The van der Waals surface area contributed by atoms with Crippen LogP contribution in [0.3, 0.4) is 0 Å². The number of benzene rings is 2. The summed E-state index contributed by atoms with van der Waals surface area (Å²) < 4.78 is 18.0. The Balaban J connectivity index is 1.40. The SMILES string of the molecule is O=C(COC(=O)c1ccc(N2C(=O)CC(Sc3ncccc3C(=O)O)C2=O)cc1)c1ccc(F)cc1. The summed E-state index contributed by atoms with van der Waals surface area (Å²) in [6.45, 7) is -0.542. The number of Topliss-reactive ketones (excluding diaryl/α,β-unsaturated/α-hetero) is 1. The molecule has 1 atom stereocenters. The summed E-state index contributed by atoms with van der Waals surface area (Å²) in [7, 11) is 0. The molecule has 182 valence electrons. The van der Waals surface area contributed by atoms with E-state index in [0.29, 0.717) is 0 Å². The molecule has 0 aliphatic carbocycles. The zero-order chi connectivity index (χ0) is 25.8. The number of pyridine rings is 1. The summed E-state index contributed by atoms with van der Waals surface area (Å²) in [5.74, 6) is -4.00. The molecule has 2 amide bonds. The van der Waals surface area contributed by atoms with Gasteiger partial charge in [0.25, 0.3) is 0 Å². The minimum absolute atomic E-state index is 0.0676. The summed E-state index contributed by atoms with van der Waals surface area (Å²) in [6, 6.07) is 13.1. The average molecular weight is 508 g/mol. The number of aromatic carboxylic acids is 1. The number of esters is 1.